The Morgan fingerprint density at radius 1 is 1.39 bits per heavy atom. The molecule has 0 aliphatic carbocycles. The summed E-state index contributed by atoms with van der Waals surface area (Å²) in [6.07, 6.45) is 6.33. The van der Waals surface area contributed by atoms with Gasteiger partial charge >= 0.3 is 0 Å². The van der Waals surface area contributed by atoms with Crippen molar-refractivity contribution in [3.8, 4) is 0 Å². The molecular weight excluding hydrogens is 314 g/mol. The van der Waals surface area contributed by atoms with Crippen molar-refractivity contribution in [2.45, 2.75) is 45.2 Å². The first-order chi connectivity index (χ1) is 10.8. The molecule has 2 heterocycles. The zero-order valence-corrected chi connectivity index (χ0v) is 15.4. The number of hydrogen-bond donors (Lipinski definition) is 1. The van der Waals surface area contributed by atoms with E-state index in [1.807, 2.05) is 17.9 Å². The molecule has 132 valence electrons. The molecule has 0 amide bonds. The van der Waals surface area contributed by atoms with E-state index in [2.05, 4.69) is 21.6 Å². The highest BCUT2D eigenvalue weighted by atomic mass is 32.2. The third kappa shape index (κ3) is 4.76. The monoisotopic (exact) mass is 343 g/mol. The predicted octanol–water partition coefficient (Wildman–Crippen LogP) is 0.869. The van der Waals surface area contributed by atoms with Gasteiger partial charge < -0.3 is 0 Å². The van der Waals surface area contributed by atoms with Gasteiger partial charge in [-0.3, -0.25) is 9.58 Å². The first-order valence-electron chi connectivity index (χ1n) is 8.20. The molecule has 0 radical (unpaired) electrons. The van der Waals surface area contributed by atoms with Crippen LogP contribution >= 0.6 is 0 Å². The van der Waals surface area contributed by atoms with Crippen molar-refractivity contribution in [1.29, 1.82) is 0 Å². The molecule has 0 bridgehead atoms. The molecule has 2 rings (SSSR count). The summed E-state index contributed by atoms with van der Waals surface area (Å²) < 4.78 is 29.3. The van der Waals surface area contributed by atoms with Crippen LogP contribution in [0.15, 0.2) is 6.20 Å². The molecule has 1 atom stereocenters. The van der Waals surface area contributed by atoms with Gasteiger partial charge in [0, 0.05) is 51.5 Å². The largest absolute Gasteiger partial charge is 0.296 e. The van der Waals surface area contributed by atoms with Gasteiger partial charge in [0.05, 0.1) is 6.20 Å². The van der Waals surface area contributed by atoms with Crippen LogP contribution in [0.2, 0.25) is 0 Å². The summed E-state index contributed by atoms with van der Waals surface area (Å²) in [4.78, 5) is 2.47. The highest BCUT2D eigenvalue weighted by Gasteiger charge is 2.24. The van der Waals surface area contributed by atoms with Crippen LogP contribution in [0, 0.1) is 6.92 Å². The molecule has 1 fully saturated rings. The van der Waals surface area contributed by atoms with Crippen LogP contribution in [0.3, 0.4) is 0 Å². The lowest BCUT2D eigenvalue weighted by atomic mass is 9.98. The van der Waals surface area contributed by atoms with Gasteiger partial charge in [-0.2, -0.15) is 17.8 Å². The Bertz CT molecular complexity index is 611. The van der Waals surface area contributed by atoms with Gasteiger partial charge in [0.15, 0.2) is 0 Å². The van der Waals surface area contributed by atoms with E-state index >= 15 is 0 Å². The molecule has 8 heteroatoms. The van der Waals surface area contributed by atoms with Crippen LogP contribution < -0.4 is 4.72 Å². The van der Waals surface area contributed by atoms with Gasteiger partial charge in [-0.25, -0.2) is 4.72 Å². The van der Waals surface area contributed by atoms with Gasteiger partial charge in [-0.15, -0.1) is 0 Å². The third-order valence-corrected chi connectivity index (χ3v) is 6.23. The maximum atomic E-state index is 11.8. The van der Waals surface area contributed by atoms with Crippen molar-refractivity contribution in [3.05, 3.63) is 17.5 Å². The molecule has 1 N–H and O–H groups in total. The fraction of sp³-hybridized carbons (Fsp3) is 0.800. The Hall–Kier alpha value is -0.960. The summed E-state index contributed by atoms with van der Waals surface area (Å²) >= 11 is 0. The Labute approximate surface area is 139 Å². The minimum absolute atomic E-state index is 0.424. The molecular formula is C15H29N5O2S. The van der Waals surface area contributed by atoms with E-state index in [1.165, 1.54) is 28.4 Å². The third-order valence-electron chi connectivity index (χ3n) is 4.70. The van der Waals surface area contributed by atoms with E-state index in [4.69, 9.17) is 0 Å². The quantitative estimate of drug-likeness (QED) is 0.797. The minimum Gasteiger partial charge on any atom is -0.296 e. The zero-order chi connectivity index (χ0) is 17.0. The molecule has 1 aromatic rings. The SMILES string of the molecule is Cc1c(CN2CCCC[C@@H]2CCNS(=O)(=O)N(C)C)cnn1C. The van der Waals surface area contributed by atoms with Crippen LogP contribution in [0.4, 0.5) is 0 Å². The lowest BCUT2D eigenvalue weighted by Crippen LogP contribution is -2.42. The number of nitrogens with zero attached hydrogens (tertiary/aromatic N) is 4. The average Bonchev–Trinajstić information content (AvgIpc) is 2.81. The number of piperidine rings is 1. The van der Waals surface area contributed by atoms with E-state index in [-0.39, 0.29) is 0 Å². The van der Waals surface area contributed by atoms with Crippen molar-refractivity contribution >= 4 is 10.2 Å². The van der Waals surface area contributed by atoms with Gasteiger partial charge in [0.1, 0.15) is 0 Å². The predicted molar refractivity (Wildman–Crippen MR) is 91.2 cm³/mol. The van der Waals surface area contributed by atoms with E-state index in [0.29, 0.717) is 12.6 Å². The molecule has 0 saturated carbocycles. The number of aryl methyl sites for hydroxylation is 1. The summed E-state index contributed by atoms with van der Waals surface area (Å²) in [7, 11) is 1.72. The van der Waals surface area contributed by atoms with E-state index in [1.54, 1.807) is 14.1 Å². The number of hydrogen-bond acceptors (Lipinski definition) is 4. The summed E-state index contributed by atoms with van der Waals surface area (Å²) in [5.41, 5.74) is 2.45. The second-order valence-corrected chi connectivity index (χ2v) is 8.44. The van der Waals surface area contributed by atoms with Crippen molar-refractivity contribution in [2.24, 2.45) is 7.05 Å². The summed E-state index contributed by atoms with van der Waals surface area (Å²) in [6.45, 7) is 4.53. The van der Waals surface area contributed by atoms with Crippen molar-refractivity contribution < 1.29 is 8.42 Å². The Kier molecular flexibility index (Phi) is 6.19. The topological polar surface area (TPSA) is 70.5 Å². The van der Waals surface area contributed by atoms with Gasteiger partial charge in [-0.1, -0.05) is 6.42 Å². The van der Waals surface area contributed by atoms with Crippen molar-refractivity contribution in [3.63, 3.8) is 0 Å². The van der Waals surface area contributed by atoms with E-state index < -0.39 is 10.2 Å². The second kappa shape index (κ2) is 7.74. The molecule has 1 aliphatic heterocycles. The number of rotatable bonds is 7. The maximum absolute atomic E-state index is 11.8. The Morgan fingerprint density at radius 3 is 2.74 bits per heavy atom. The lowest BCUT2D eigenvalue weighted by molar-refractivity contribution is 0.133. The molecule has 23 heavy (non-hydrogen) atoms. The Morgan fingerprint density at radius 2 is 2.13 bits per heavy atom. The van der Waals surface area contributed by atoms with Gasteiger partial charge in [0.2, 0.25) is 0 Å². The second-order valence-electron chi connectivity index (χ2n) is 6.47. The molecule has 1 aromatic heterocycles. The number of likely N-dealkylation sites (tertiary alicyclic amines) is 1. The van der Waals surface area contributed by atoms with Crippen LogP contribution in [0.25, 0.3) is 0 Å². The van der Waals surface area contributed by atoms with Gasteiger partial charge in [0.25, 0.3) is 10.2 Å². The Balaban J connectivity index is 1.92. The maximum Gasteiger partial charge on any atom is 0.278 e. The van der Waals surface area contributed by atoms with Crippen LogP contribution in [0.1, 0.15) is 36.9 Å². The lowest BCUT2D eigenvalue weighted by Gasteiger charge is -2.35. The fourth-order valence-corrected chi connectivity index (χ4v) is 3.63. The minimum atomic E-state index is -3.33. The smallest absolute Gasteiger partial charge is 0.278 e. The normalized spacial score (nSPS) is 20.3. The summed E-state index contributed by atoms with van der Waals surface area (Å²) in [6, 6.07) is 0.424. The number of aromatic nitrogens is 2. The number of nitrogens with one attached hydrogen (secondary N) is 1. The molecule has 0 spiro atoms. The fourth-order valence-electron chi connectivity index (χ4n) is 3.00. The summed E-state index contributed by atoms with van der Waals surface area (Å²) in [5, 5.41) is 4.31. The highest BCUT2D eigenvalue weighted by Crippen LogP contribution is 2.22. The standard InChI is InChI=1S/C15H29N5O2S/c1-13-14(11-16-19(13)4)12-20-10-6-5-7-15(20)8-9-17-23(21,22)18(2)3/h11,15,17H,5-10,12H2,1-4H3/t15-/m1/s1. The highest BCUT2D eigenvalue weighted by molar-refractivity contribution is 7.87. The van der Waals surface area contributed by atoms with Crippen LogP contribution in [-0.2, 0) is 23.8 Å². The first kappa shape index (κ1) is 18.4. The van der Waals surface area contributed by atoms with Crippen LogP contribution in [0.5, 0.6) is 0 Å². The van der Waals surface area contributed by atoms with Crippen molar-refractivity contribution in [1.82, 2.24) is 23.7 Å². The van der Waals surface area contributed by atoms with Gasteiger partial charge in [-0.05, 0) is 32.7 Å². The van der Waals surface area contributed by atoms with E-state index in [0.717, 1.165) is 25.9 Å². The van der Waals surface area contributed by atoms with Crippen LogP contribution in [-0.4, -0.2) is 60.6 Å². The molecule has 0 unspecified atom stereocenters. The van der Waals surface area contributed by atoms with Crippen molar-refractivity contribution in [2.75, 3.05) is 27.2 Å². The molecule has 0 aromatic carbocycles. The first-order valence-corrected chi connectivity index (χ1v) is 9.64. The summed E-state index contributed by atoms with van der Waals surface area (Å²) in [5.74, 6) is 0. The average molecular weight is 343 g/mol. The zero-order valence-electron chi connectivity index (χ0n) is 14.6. The van der Waals surface area contributed by atoms with E-state index in [9.17, 15) is 8.42 Å². The molecule has 7 nitrogen and oxygen atoms in total. The molecule has 1 saturated heterocycles. The molecule has 1 aliphatic rings.